The topological polar surface area (TPSA) is 246 Å². The van der Waals surface area contributed by atoms with Gasteiger partial charge in [0.25, 0.3) is 0 Å². The molecular weight excluding hydrogens is 672 g/mol. The van der Waals surface area contributed by atoms with Gasteiger partial charge < -0.3 is 58.0 Å². The van der Waals surface area contributed by atoms with Crippen molar-refractivity contribution in [1.29, 1.82) is 0 Å². The van der Waals surface area contributed by atoms with Gasteiger partial charge in [-0.3, -0.25) is 24.0 Å². The van der Waals surface area contributed by atoms with Crippen LogP contribution in [0.3, 0.4) is 0 Å². The third-order valence-corrected chi connectivity index (χ3v) is 7.26. The third kappa shape index (κ3) is 11.2. The molecule has 2 heterocycles. The molecule has 0 bridgehead atoms. The summed E-state index contributed by atoms with van der Waals surface area (Å²) in [5, 5.41) is 32.0. The first kappa shape index (κ1) is 39.8. The van der Waals surface area contributed by atoms with Gasteiger partial charge in [0.1, 0.15) is 50.0 Å². The number of phenols is 1. The van der Waals surface area contributed by atoms with Crippen LogP contribution in [0.25, 0.3) is 6.08 Å². The minimum absolute atomic E-state index is 0.0272. The van der Waals surface area contributed by atoms with Crippen LogP contribution in [0.5, 0.6) is 5.75 Å². The SMILES string of the molecule is CC(=O)OC[C@@H]1O[C@H](CO[C@@]2(COC(C)=O)O[C@H](COC(=O)C=Cc3ccc(O)cc3)[C@H](OC(C)=O)[C@H]2O)[C@H](O)[C@@H](OC(C)=O)[C@@H]1OC(C)=O. The molecule has 50 heavy (non-hydrogen) atoms. The molecule has 2 saturated heterocycles. The van der Waals surface area contributed by atoms with Crippen molar-refractivity contribution in [3.05, 3.63) is 35.9 Å². The van der Waals surface area contributed by atoms with Gasteiger partial charge in [-0.2, -0.15) is 0 Å². The summed E-state index contributed by atoms with van der Waals surface area (Å²) in [5.41, 5.74) is 0.566. The average Bonchev–Trinajstić information content (AvgIpc) is 3.28. The highest BCUT2D eigenvalue weighted by Gasteiger charge is 2.60. The van der Waals surface area contributed by atoms with Crippen LogP contribution in [-0.4, -0.2) is 132 Å². The molecule has 2 fully saturated rings. The van der Waals surface area contributed by atoms with Gasteiger partial charge in [0.05, 0.1) is 6.61 Å². The van der Waals surface area contributed by atoms with Crippen molar-refractivity contribution in [2.45, 2.75) is 89.2 Å². The van der Waals surface area contributed by atoms with E-state index in [0.717, 1.165) is 40.7 Å². The van der Waals surface area contributed by atoms with Gasteiger partial charge in [-0.15, -0.1) is 0 Å². The van der Waals surface area contributed by atoms with Crippen LogP contribution in [0.1, 0.15) is 40.2 Å². The summed E-state index contributed by atoms with van der Waals surface area (Å²) >= 11 is 0. The first-order chi connectivity index (χ1) is 23.5. The van der Waals surface area contributed by atoms with E-state index in [1.54, 1.807) is 12.1 Å². The zero-order valence-corrected chi connectivity index (χ0v) is 27.9. The number of esters is 6. The number of aliphatic hydroxyl groups is 2. The zero-order chi connectivity index (χ0) is 37.2. The third-order valence-electron chi connectivity index (χ3n) is 7.26. The number of carbonyl (C=O) groups excluding carboxylic acids is 6. The lowest BCUT2D eigenvalue weighted by Crippen LogP contribution is -2.63. The zero-order valence-electron chi connectivity index (χ0n) is 27.9. The number of phenolic OH excluding ortho intramolecular Hbond substituents is 1. The number of hydrogen-bond donors (Lipinski definition) is 3. The Labute approximate surface area is 286 Å². The quantitative estimate of drug-likeness (QED) is 0.125. The van der Waals surface area contributed by atoms with Gasteiger partial charge in [0.15, 0.2) is 24.4 Å². The Balaban J connectivity index is 1.86. The van der Waals surface area contributed by atoms with Gasteiger partial charge in [-0.1, -0.05) is 12.1 Å². The molecule has 0 aliphatic carbocycles. The van der Waals surface area contributed by atoms with E-state index in [1.165, 1.54) is 18.2 Å². The molecule has 2 aliphatic heterocycles. The van der Waals surface area contributed by atoms with Crippen molar-refractivity contribution < 1.29 is 86.7 Å². The largest absolute Gasteiger partial charge is 0.508 e. The molecule has 0 radical (unpaired) electrons. The summed E-state index contributed by atoms with van der Waals surface area (Å²) in [6.45, 7) is 2.73. The maximum absolute atomic E-state index is 12.5. The van der Waals surface area contributed by atoms with E-state index in [1.807, 2.05) is 0 Å². The fourth-order valence-corrected chi connectivity index (χ4v) is 5.11. The summed E-state index contributed by atoms with van der Waals surface area (Å²) in [6, 6.07) is 5.92. The van der Waals surface area contributed by atoms with E-state index in [9.17, 15) is 44.1 Å². The molecule has 0 aromatic heterocycles. The number of aliphatic hydroxyl groups excluding tert-OH is 2. The van der Waals surface area contributed by atoms with E-state index in [2.05, 4.69) is 0 Å². The molecule has 1 aromatic carbocycles. The number of rotatable bonds is 14. The molecule has 2 aliphatic rings. The second kappa shape index (κ2) is 17.9. The Kier molecular flexibility index (Phi) is 14.2. The van der Waals surface area contributed by atoms with Gasteiger partial charge in [-0.05, 0) is 23.8 Å². The van der Waals surface area contributed by atoms with Crippen molar-refractivity contribution in [3.8, 4) is 5.75 Å². The van der Waals surface area contributed by atoms with Crippen LogP contribution in [0.2, 0.25) is 0 Å². The van der Waals surface area contributed by atoms with E-state index < -0.39 is 117 Å². The minimum Gasteiger partial charge on any atom is -0.508 e. The lowest BCUT2D eigenvalue weighted by molar-refractivity contribution is -0.306. The fourth-order valence-electron chi connectivity index (χ4n) is 5.11. The summed E-state index contributed by atoms with van der Waals surface area (Å²) in [5.74, 6) is -7.23. The number of hydrogen-bond acceptors (Lipinski definition) is 18. The van der Waals surface area contributed by atoms with Crippen molar-refractivity contribution in [3.63, 3.8) is 0 Å². The average molecular weight is 713 g/mol. The smallest absolute Gasteiger partial charge is 0.330 e. The van der Waals surface area contributed by atoms with Crippen LogP contribution in [0.15, 0.2) is 30.3 Å². The number of aromatic hydroxyl groups is 1. The van der Waals surface area contributed by atoms with E-state index in [-0.39, 0.29) is 5.75 Å². The fraction of sp³-hybridized carbons (Fsp3) is 0.562. The molecule has 1 aromatic rings. The molecule has 18 heteroatoms. The second-order valence-corrected chi connectivity index (χ2v) is 11.3. The van der Waals surface area contributed by atoms with Gasteiger partial charge in [-0.25, -0.2) is 4.79 Å². The van der Waals surface area contributed by atoms with Gasteiger partial charge in [0.2, 0.25) is 5.79 Å². The molecule has 18 nitrogen and oxygen atoms in total. The Hall–Kier alpha value is -4.62. The molecule has 3 rings (SSSR count). The number of carbonyl (C=O) groups is 6. The summed E-state index contributed by atoms with van der Waals surface area (Å²) < 4.78 is 48.8. The monoisotopic (exact) mass is 712 g/mol. The summed E-state index contributed by atoms with van der Waals surface area (Å²) in [7, 11) is 0. The Morgan fingerprint density at radius 1 is 0.700 bits per heavy atom. The molecule has 9 atom stereocenters. The predicted molar refractivity (Wildman–Crippen MR) is 162 cm³/mol. The first-order valence-electron chi connectivity index (χ1n) is 15.3. The molecule has 0 unspecified atom stereocenters. The molecule has 0 saturated carbocycles. The maximum atomic E-state index is 12.5. The van der Waals surface area contributed by atoms with Crippen LogP contribution < -0.4 is 0 Å². The lowest BCUT2D eigenvalue weighted by Gasteiger charge is -2.44. The molecule has 0 amide bonds. The van der Waals surface area contributed by atoms with Crippen LogP contribution in [0, 0.1) is 0 Å². The van der Waals surface area contributed by atoms with E-state index >= 15 is 0 Å². The Morgan fingerprint density at radius 3 is 1.84 bits per heavy atom. The Bertz CT molecular complexity index is 1410. The van der Waals surface area contributed by atoms with E-state index in [4.69, 9.17) is 42.6 Å². The summed E-state index contributed by atoms with van der Waals surface area (Å²) in [4.78, 5) is 71.7. The molecule has 276 valence electrons. The standard InChI is InChI=1S/C32H40O18/c1-16(33)42-12-24-28(46-18(3)35)30(48-20(5)37)27(40)23(49-24)14-45-32(15-44-17(2)34)31(41)29(47-19(4)36)25(50-32)13-43-26(39)11-8-21-6-9-22(38)10-7-21/h6-11,23-25,27-31,38,40-41H,12-15H2,1-5H3/t23-,24+,25-,27+,28-,29+,30-,31-,32+/m1/s1. The Morgan fingerprint density at radius 2 is 1.26 bits per heavy atom. The highest BCUT2D eigenvalue weighted by Crippen LogP contribution is 2.37. The normalized spacial score (nSPS) is 29.1. The highest BCUT2D eigenvalue weighted by atomic mass is 16.8. The van der Waals surface area contributed by atoms with Crippen molar-refractivity contribution in [2.24, 2.45) is 0 Å². The molecule has 3 N–H and O–H groups in total. The molecule has 0 spiro atoms. The van der Waals surface area contributed by atoms with Crippen molar-refractivity contribution in [2.75, 3.05) is 26.4 Å². The van der Waals surface area contributed by atoms with E-state index in [0.29, 0.717) is 5.56 Å². The number of ether oxygens (including phenoxy) is 9. The lowest BCUT2D eigenvalue weighted by atomic mass is 9.94. The van der Waals surface area contributed by atoms with Gasteiger partial charge >= 0.3 is 35.8 Å². The summed E-state index contributed by atoms with van der Waals surface area (Å²) in [6.07, 6.45) is -9.79. The first-order valence-corrected chi connectivity index (χ1v) is 15.3. The maximum Gasteiger partial charge on any atom is 0.330 e. The van der Waals surface area contributed by atoms with Crippen LogP contribution in [-0.2, 0) is 71.4 Å². The second-order valence-electron chi connectivity index (χ2n) is 11.3. The predicted octanol–water partition coefficient (Wildman–Crippen LogP) is -0.529. The van der Waals surface area contributed by atoms with Crippen LogP contribution >= 0.6 is 0 Å². The van der Waals surface area contributed by atoms with Crippen LogP contribution in [0.4, 0.5) is 0 Å². The van der Waals surface area contributed by atoms with Crippen molar-refractivity contribution in [1.82, 2.24) is 0 Å². The van der Waals surface area contributed by atoms with Gasteiger partial charge in [0, 0.05) is 40.7 Å². The highest BCUT2D eigenvalue weighted by molar-refractivity contribution is 5.87. The number of benzene rings is 1. The van der Waals surface area contributed by atoms with Crippen molar-refractivity contribution >= 4 is 41.9 Å². The minimum atomic E-state index is -2.32. The molecular formula is C32H40O18.